The maximum atomic E-state index is 4.33. The first-order valence-electron chi connectivity index (χ1n) is 6.96. The third kappa shape index (κ3) is 3.07. The van der Waals surface area contributed by atoms with Gasteiger partial charge >= 0.3 is 0 Å². The van der Waals surface area contributed by atoms with Crippen LogP contribution in [-0.4, -0.2) is 21.0 Å². The van der Waals surface area contributed by atoms with Gasteiger partial charge in [0, 0.05) is 23.3 Å². The molecule has 0 aliphatic rings. The predicted octanol–water partition coefficient (Wildman–Crippen LogP) is 3.70. The summed E-state index contributed by atoms with van der Waals surface area (Å²) in [6, 6.07) is 6.16. The van der Waals surface area contributed by atoms with E-state index in [-0.39, 0.29) is 0 Å². The molecule has 0 aliphatic heterocycles. The number of hydrazone groups is 1. The van der Waals surface area contributed by atoms with Gasteiger partial charge in [-0.05, 0) is 44.0 Å². The highest BCUT2D eigenvalue weighted by Crippen LogP contribution is 2.19. The molecule has 0 radical (unpaired) electrons. The lowest BCUT2D eigenvalue weighted by Crippen LogP contribution is -2.03. The van der Waals surface area contributed by atoms with E-state index in [0.29, 0.717) is 0 Å². The highest BCUT2D eigenvalue weighted by molar-refractivity contribution is 7.13. The number of hydrogen-bond donors (Lipinski definition) is 1. The highest BCUT2D eigenvalue weighted by Gasteiger charge is 2.07. The smallest absolute Gasteiger partial charge is 0.203 e. The minimum absolute atomic E-state index is 0.791. The van der Waals surface area contributed by atoms with Gasteiger partial charge < -0.3 is 0 Å². The molecule has 1 N–H and O–H groups in total. The second-order valence-electron chi connectivity index (χ2n) is 5.13. The molecule has 2 aromatic heterocycles. The summed E-state index contributed by atoms with van der Waals surface area (Å²) in [5, 5.41) is 11.4. The van der Waals surface area contributed by atoms with Crippen molar-refractivity contribution in [3.8, 4) is 5.69 Å². The van der Waals surface area contributed by atoms with Gasteiger partial charge in [-0.3, -0.25) is 5.43 Å². The van der Waals surface area contributed by atoms with Crippen LogP contribution < -0.4 is 5.43 Å². The summed E-state index contributed by atoms with van der Waals surface area (Å²) in [6.45, 7) is 6.12. The van der Waals surface area contributed by atoms with Crippen LogP contribution in [0.4, 0.5) is 5.13 Å². The van der Waals surface area contributed by atoms with E-state index in [2.05, 4.69) is 46.6 Å². The Morgan fingerprint density at radius 2 is 2.14 bits per heavy atom. The molecule has 0 saturated carbocycles. The van der Waals surface area contributed by atoms with Gasteiger partial charge in [0.05, 0.1) is 17.6 Å². The molecule has 0 atom stereocenters. The van der Waals surface area contributed by atoms with Crippen molar-refractivity contribution in [1.82, 2.24) is 14.8 Å². The second-order valence-corrected chi connectivity index (χ2v) is 5.99. The van der Waals surface area contributed by atoms with Crippen LogP contribution >= 0.6 is 11.3 Å². The lowest BCUT2D eigenvalue weighted by atomic mass is 10.0. The van der Waals surface area contributed by atoms with Crippen molar-refractivity contribution >= 4 is 22.7 Å². The van der Waals surface area contributed by atoms with Gasteiger partial charge in [-0.15, -0.1) is 11.3 Å². The first-order chi connectivity index (χ1) is 10.6. The van der Waals surface area contributed by atoms with Crippen molar-refractivity contribution in [3.05, 3.63) is 58.4 Å². The number of anilines is 1. The molecule has 5 nitrogen and oxygen atoms in total. The summed E-state index contributed by atoms with van der Waals surface area (Å²) in [5.41, 5.74) is 8.38. The summed E-state index contributed by atoms with van der Waals surface area (Å²) >= 11 is 1.54. The summed E-state index contributed by atoms with van der Waals surface area (Å²) in [7, 11) is 0. The minimum atomic E-state index is 0.791. The SMILES string of the molecule is Cc1cc(C)c(C=NNc2nc(C)cs2)c(-n2cccn2)c1. The number of nitrogens with one attached hydrogen (secondary N) is 1. The van der Waals surface area contributed by atoms with E-state index >= 15 is 0 Å². The Labute approximate surface area is 133 Å². The Balaban J connectivity index is 1.92. The molecule has 0 fully saturated rings. The molecule has 3 aromatic rings. The number of aryl methyl sites for hydroxylation is 3. The summed E-state index contributed by atoms with van der Waals surface area (Å²) in [6.07, 6.45) is 5.53. The Kier molecular flexibility index (Phi) is 4.02. The molecule has 3 rings (SSSR count). The molecule has 0 amide bonds. The first kappa shape index (κ1) is 14.5. The van der Waals surface area contributed by atoms with E-state index in [1.54, 1.807) is 6.20 Å². The number of rotatable bonds is 4. The fraction of sp³-hybridized carbons (Fsp3) is 0.188. The number of hydrogen-bond acceptors (Lipinski definition) is 5. The molecular formula is C16H17N5S. The zero-order valence-corrected chi connectivity index (χ0v) is 13.6. The quantitative estimate of drug-likeness (QED) is 0.590. The minimum Gasteiger partial charge on any atom is -0.253 e. The van der Waals surface area contributed by atoms with E-state index in [1.165, 1.54) is 16.9 Å². The van der Waals surface area contributed by atoms with Gasteiger partial charge in [-0.1, -0.05) is 6.07 Å². The topological polar surface area (TPSA) is 55.1 Å². The average Bonchev–Trinajstić information content (AvgIpc) is 3.12. The fourth-order valence-electron chi connectivity index (χ4n) is 2.28. The zero-order chi connectivity index (χ0) is 15.5. The largest absolute Gasteiger partial charge is 0.253 e. The van der Waals surface area contributed by atoms with Crippen LogP contribution in [0.2, 0.25) is 0 Å². The van der Waals surface area contributed by atoms with E-state index in [4.69, 9.17) is 0 Å². The lowest BCUT2D eigenvalue weighted by molar-refractivity contribution is 0.876. The number of thiazole rings is 1. The molecule has 0 spiro atoms. The van der Waals surface area contributed by atoms with Crippen molar-refractivity contribution in [3.63, 3.8) is 0 Å². The molecule has 1 aromatic carbocycles. The van der Waals surface area contributed by atoms with Crippen molar-refractivity contribution in [2.45, 2.75) is 20.8 Å². The van der Waals surface area contributed by atoms with Crippen molar-refractivity contribution in [1.29, 1.82) is 0 Å². The molecule has 2 heterocycles. The summed E-state index contributed by atoms with van der Waals surface area (Å²) in [4.78, 5) is 4.33. The second kappa shape index (κ2) is 6.11. The third-order valence-corrected chi connectivity index (χ3v) is 4.10. The molecule has 22 heavy (non-hydrogen) atoms. The molecule has 112 valence electrons. The molecule has 0 unspecified atom stereocenters. The number of aromatic nitrogens is 3. The Morgan fingerprint density at radius 3 is 2.82 bits per heavy atom. The lowest BCUT2D eigenvalue weighted by Gasteiger charge is -2.10. The average molecular weight is 311 g/mol. The zero-order valence-electron chi connectivity index (χ0n) is 12.7. The number of nitrogens with zero attached hydrogens (tertiary/aromatic N) is 4. The molecule has 0 saturated heterocycles. The van der Waals surface area contributed by atoms with Crippen LogP contribution in [0.1, 0.15) is 22.4 Å². The van der Waals surface area contributed by atoms with Gasteiger partial charge in [0.15, 0.2) is 0 Å². The fourth-order valence-corrected chi connectivity index (χ4v) is 2.92. The van der Waals surface area contributed by atoms with Crippen molar-refractivity contribution < 1.29 is 0 Å². The molecule has 0 aliphatic carbocycles. The Bertz CT molecular complexity index is 802. The third-order valence-electron chi connectivity index (χ3n) is 3.23. The highest BCUT2D eigenvalue weighted by atomic mass is 32.1. The normalized spacial score (nSPS) is 11.2. The maximum absolute atomic E-state index is 4.33. The van der Waals surface area contributed by atoms with Crippen LogP contribution in [-0.2, 0) is 0 Å². The van der Waals surface area contributed by atoms with Gasteiger partial charge in [-0.2, -0.15) is 10.2 Å². The van der Waals surface area contributed by atoms with Gasteiger partial charge in [-0.25, -0.2) is 9.67 Å². The Hall–Kier alpha value is -2.47. The summed E-state index contributed by atoms with van der Waals surface area (Å²) < 4.78 is 1.86. The van der Waals surface area contributed by atoms with E-state index < -0.39 is 0 Å². The standard InChI is InChI=1S/C16H17N5S/c1-11-7-12(2)14(15(8-11)21-6-4-5-18-21)9-17-20-16-19-13(3)10-22-16/h4-10H,1-3H3,(H,19,20). The van der Waals surface area contributed by atoms with Crippen LogP contribution in [0.5, 0.6) is 0 Å². The van der Waals surface area contributed by atoms with Crippen molar-refractivity contribution in [2.75, 3.05) is 5.43 Å². The Morgan fingerprint density at radius 1 is 1.27 bits per heavy atom. The molecule has 0 bridgehead atoms. The van der Waals surface area contributed by atoms with E-state index in [1.807, 2.05) is 35.5 Å². The van der Waals surface area contributed by atoms with Gasteiger partial charge in [0.1, 0.15) is 0 Å². The van der Waals surface area contributed by atoms with E-state index in [0.717, 1.165) is 27.6 Å². The predicted molar refractivity (Wildman–Crippen MR) is 91.1 cm³/mol. The molecular weight excluding hydrogens is 294 g/mol. The van der Waals surface area contributed by atoms with Crippen LogP contribution in [0.3, 0.4) is 0 Å². The van der Waals surface area contributed by atoms with E-state index in [9.17, 15) is 0 Å². The first-order valence-corrected chi connectivity index (χ1v) is 7.84. The monoisotopic (exact) mass is 311 g/mol. The van der Waals surface area contributed by atoms with Crippen LogP contribution in [0.15, 0.2) is 41.1 Å². The van der Waals surface area contributed by atoms with Gasteiger partial charge in [0.2, 0.25) is 5.13 Å². The van der Waals surface area contributed by atoms with Gasteiger partial charge in [0.25, 0.3) is 0 Å². The van der Waals surface area contributed by atoms with Crippen LogP contribution in [0, 0.1) is 20.8 Å². The molecule has 6 heteroatoms. The maximum Gasteiger partial charge on any atom is 0.203 e. The summed E-state index contributed by atoms with van der Waals surface area (Å²) in [5.74, 6) is 0. The number of benzene rings is 1. The van der Waals surface area contributed by atoms with Crippen molar-refractivity contribution in [2.24, 2.45) is 5.10 Å². The van der Waals surface area contributed by atoms with Crippen LogP contribution in [0.25, 0.3) is 5.69 Å².